The van der Waals surface area contributed by atoms with Crippen LogP contribution in [0.5, 0.6) is 0 Å². The number of benzene rings is 11. The first kappa shape index (κ1) is 41.6. The van der Waals surface area contributed by atoms with Gasteiger partial charge in [-0.2, -0.15) is 0 Å². The van der Waals surface area contributed by atoms with E-state index >= 15 is 0 Å². The maximum atomic E-state index is 5.14. The van der Waals surface area contributed by atoms with E-state index < -0.39 is 5.41 Å². The van der Waals surface area contributed by atoms with Crippen molar-refractivity contribution < 1.29 is 0 Å². The highest BCUT2D eigenvalue weighted by Crippen LogP contribution is 2.65. The monoisotopic (exact) mass is 918 g/mol. The van der Waals surface area contributed by atoms with Crippen molar-refractivity contribution in [3.8, 4) is 44.5 Å². The number of hydrogen-bond donors (Lipinski definition) is 1. The molecule has 4 nitrogen and oxygen atoms in total. The quantitative estimate of drug-likeness (QED) is 0.173. The summed E-state index contributed by atoms with van der Waals surface area (Å²) in [7, 11) is 0. The third-order valence-corrected chi connectivity index (χ3v) is 14.9. The molecular formula is C68H46N4. The van der Waals surface area contributed by atoms with E-state index in [9.17, 15) is 0 Å². The van der Waals surface area contributed by atoms with Gasteiger partial charge in [0, 0.05) is 16.8 Å². The molecule has 14 rings (SSSR count). The Bertz CT molecular complexity index is 3890. The number of anilines is 3. The molecule has 0 fully saturated rings. The minimum atomic E-state index is -0.567. The predicted octanol–water partition coefficient (Wildman–Crippen LogP) is 16.5. The lowest BCUT2D eigenvalue weighted by atomic mass is 9.64. The van der Waals surface area contributed by atoms with Crippen LogP contribution < -0.4 is 10.2 Å². The van der Waals surface area contributed by atoms with E-state index in [1.165, 1.54) is 77.8 Å². The Morgan fingerprint density at radius 2 is 0.875 bits per heavy atom. The zero-order valence-corrected chi connectivity index (χ0v) is 39.3. The maximum Gasteiger partial charge on any atom is 0.159 e. The van der Waals surface area contributed by atoms with E-state index in [1.54, 1.807) is 0 Å². The van der Waals surface area contributed by atoms with Crippen LogP contribution in [0, 0.1) is 0 Å². The number of nitrogens with one attached hydrogen (secondary N) is 1. The summed E-state index contributed by atoms with van der Waals surface area (Å²) in [6.07, 6.45) is -0.304. The van der Waals surface area contributed by atoms with Gasteiger partial charge in [-0.05, 0) is 126 Å². The van der Waals surface area contributed by atoms with Gasteiger partial charge in [0.05, 0.1) is 16.8 Å². The molecule has 0 aromatic heterocycles. The molecule has 72 heavy (non-hydrogen) atoms. The van der Waals surface area contributed by atoms with Crippen LogP contribution in [0.2, 0.25) is 0 Å². The van der Waals surface area contributed by atoms with Crippen molar-refractivity contribution in [3.05, 3.63) is 306 Å². The molecule has 4 heteroatoms. The molecule has 0 saturated heterocycles. The third kappa shape index (κ3) is 6.68. The average molecular weight is 919 g/mol. The number of amidine groups is 2. The Labute approximate surface area is 419 Å². The summed E-state index contributed by atoms with van der Waals surface area (Å²) in [5, 5.41) is 6.16. The van der Waals surface area contributed by atoms with Crippen molar-refractivity contribution in [2.24, 2.45) is 9.98 Å². The summed E-state index contributed by atoms with van der Waals surface area (Å²) in [5.74, 6) is 1.50. The first-order valence-corrected chi connectivity index (χ1v) is 24.8. The number of aliphatic imine (C=N–C) groups is 2. The topological polar surface area (TPSA) is 40.0 Å². The van der Waals surface area contributed by atoms with Gasteiger partial charge >= 0.3 is 0 Å². The molecule has 11 aromatic rings. The Kier molecular flexibility index (Phi) is 9.78. The van der Waals surface area contributed by atoms with Crippen molar-refractivity contribution in [2.45, 2.75) is 11.6 Å². The van der Waals surface area contributed by atoms with Crippen LogP contribution in [0.15, 0.2) is 277 Å². The molecule has 1 atom stereocenters. The molecule has 1 aliphatic carbocycles. The van der Waals surface area contributed by atoms with Crippen LogP contribution in [-0.4, -0.2) is 11.7 Å². The molecule has 1 unspecified atom stereocenters. The largest absolute Gasteiger partial charge is 0.344 e. The lowest BCUT2D eigenvalue weighted by Crippen LogP contribution is -2.36. The first-order chi connectivity index (χ1) is 35.7. The maximum absolute atomic E-state index is 5.14. The molecular weight excluding hydrogens is 873 g/mol. The summed E-state index contributed by atoms with van der Waals surface area (Å²) in [4.78, 5) is 12.7. The van der Waals surface area contributed by atoms with E-state index in [2.05, 4.69) is 253 Å². The molecule has 0 saturated carbocycles. The van der Waals surface area contributed by atoms with Gasteiger partial charge in [-0.25, -0.2) is 9.98 Å². The van der Waals surface area contributed by atoms with Gasteiger partial charge in [-0.1, -0.05) is 224 Å². The SMILES string of the molecule is c1ccc(C2=NC(c3ccc(-c4ccccc4)cc3)NC(c3ccc(-c4cccc(-c5cccc6c5-c5cc7ccccc7cc5C65c6ccccc6N(c6ccccc6)c6ccccc65)c4)cc3)=N2)cc1. The lowest BCUT2D eigenvalue weighted by molar-refractivity contribution is 0.674. The summed E-state index contributed by atoms with van der Waals surface area (Å²) < 4.78 is 0. The van der Waals surface area contributed by atoms with Crippen LogP contribution >= 0.6 is 0 Å². The molecule has 0 radical (unpaired) electrons. The Morgan fingerprint density at radius 3 is 1.58 bits per heavy atom. The fraction of sp³-hybridized carbons (Fsp3) is 0.0294. The Balaban J connectivity index is 0.863. The van der Waals surface area contributed by atoms with Crippen LogP contribution in [-0.2, 0) is 5.41 Å². The molecule has 1 N–H and O–H groups in total. The Morgan fingerprint density at radius 1 is 0.361 bits per heavy atom. The zero-order valence-electron chi connectivity index (χ0n) is 39.3. The van der Waals surface area contributed by atoms with Gasteiger partial charge < -0.3 is 10.2 Å². The molecule has 2 heterocycles. The van der Waals surface area contributed by atoms with E-state index in [1.807, 2.05) is 24.3 Å². The van der Waals surface area contributed by atoms with Gasteiger partial charge in [-0.3, -0.25) is 0 Å². The van der Waals surface area contributed by atoms with Crippen LogP contribution in [0.4, 0.5) is 17.1 Å². The van der Waals surface area contributed by atoms with Gasteiger partial charge in [0.2, 0.25) is 0 Å². The number of para-hydroxylation sites is 3. The highest BCUT2D eigenvalue weighted by Gasteiger charge is 2.52. The minimum absolute atomic E-state index is 0.304. The van der Waals surface area contributed by atoms with Crippen LogP contribution in [0.1, 0.15) is 45.1 Å². The molecule has 0 amide bonds. The average Bonchev–Trinajstić information content (AvgIpc) is 3.75. The highest BCUT2D eigenvalue weighted by molar-refractivity contribution is 6.13. The van der Waals surface area contributed by atoms with Crippen LogP contribution in [0.3, 0.4) is 0 Å². The fourth-order valence-electron chi connectivity index (χ4n) is 11.6. The van der Waals surface area contributed by atoms with Crippen molar-refractivity contribution >= 4 is 39.5 Å². The van der Waals surface area contributed by atoms with E-state index in [-0.39, 0.29) is 6.17 Å². The zero-order chi connectivity index (χ0) is 47.6. The fourth-order valence-corrected chi connectivity index (χ4v) is 11.6. The summed E-state index contributed by atoms with van der Waals surface area (Å²) in [6, 6.07) is 96.9. The van der Waals surface area contributed by atoms with E-state index in [0.29, 0.717) is 5.84 Å². The van der Waals surface area contributed by atoms with Crippen molar-refractivity contribution in [1.82, 2.24) is 5.32 Å². The van der Waals surface area contributed by atoms with Gasteiger partial charge in [0.25, 0.3) is 0 Å². The molecule has 0 bridgehead atoms. The predicted molar refractivity (Wildman–Crippen MR) is 298 cm³/mol. The van der Waals surface area contributed by atoms with Crippen molar-refractivity contribution in [2.75, 3.05) is 4.90 Å². The van der Waals surface area contributed by atoms with E-state index in [0.717, 1.165) is 39.3 Å². The molecule has 3 aliphatic rings. The van der Waals surface area contributed by atoms with Gasteiger partial charge in [0.1, 0.15) is 12.0 Å². The van der Waals surface area contributed by atoms with Crippen molar-refractivity contribution in [3.63, 3.8) is 0 Å². The standard InChI is InChI=1S/C68H46N4/c1-4-18-45(19-5-1)46-34-38-49(39-35-46)66-69-65(48-20-6-2-7-21-48)70-67(71-66)50-40-36-47(37-41-50)51-24-16-25-54(42-51)56-28-17-31-60-64(56)57-43-52-22-10-11-23-53(52)44-61(57)68(60)58-29-12-14-32-62(58)72(55-26-8-3-9-27-55)63-33-15-13-30-59(63)68/h1-44,66H,(H,69,70,71). The van der Waals surface area contributed by atoms with Crippen LogP contribution in [0.25, 0.3) is 55.3 Å². The smallest absolute Gasteiger partial charge is 0.159 e. The second kappa shape index (κ2) is 16.9. The summed E-state index contributed by atoms with van der Waals surface area (Å²) >= 11 is 0. The highest BCUT2D eigenvalue weighted by atomic mass is 15.2. The number of hydrogen-bond acceptors (Lipinski definition) is 4. The molecule has 11 aromatic carbocycles. The number of nitrogens with zero attached hydrogens (tertiary/aromatic N) is 3. The van der Waals surface area contributed by atoms with Gasteiger partial charge in [-0.15, -0.1) is 0 Å². The first-order valence-electron chi connectivity index (χ1n) is 24.8. The molecule has 2 aliphatic heterocycles. The number of rotatable bonds is 7. The number of fused-ring (bicyclic) bond motifs is 10. The summed E-state index contributed by atoms with van der Waals surface area (Å²) in [5.41, 5.74) is 20.8. The summed E-state index contributed by atoms with van der Waals surface area (Å²) in [6.45, 7) is 0. The normalized spacial score (nSPS) is 14.9. The second-order valence-corrected chi connectivity index (χ2v) is 18.9. The van der Waals surface area contributed by atoms with Gasteiger partial charge in [0.15, 0.2) is 5.84 Å². The minimum Gasteiger partial charge on any atom is -0.344 e. The molecule has 338 valence electrons. The van der Waals surface area contributed by atoms with Crippen molar-refractivity contribution in [1.29, 1.82) is 0 Å². The lowest BCUT2D eigenvalue weighted by Gasteiger charge is -2.45. The third-order valence-electron chi connectivity index (χ3n) is 14.9. The second-order valence-electron chi connectivity index (χ2n) is 18.9. The Hall–Kier alpha value is -9.38. The molecule has 1 spiro atoms. The van der Waals surface area contributed by atoms with E-state index in [4.69, 9.17) is 9.98 Å².